The summed E-state index contributed by atoms with van der Waals surface area (Å²) >= 11 is 0. The maximum atomic E-state index is 10.4. The molecule has 0 aliphatic heterocycles. The summed E-state index contributed by atoms with van der Waals surface area (Å²) < 4.78 is 1.88. The van der Waals surface area contributed by atoms with E-state index < -0.39 is 5.60 Å². The third-order valence-electron chi connectivity index (χ3n) is 3.06. The molecule has 1 rings (SSSR count). The number of aryl methyl sites for hydroxylation is 1. The van der Waals surface area contributed by atoms with Crippen molar-refractivity contribution in [3.63, 3.8) is 0 Å². The van der Waals surface area contributed by atoms with E-state index in [1.807, 2.05) is 11.6 Å². The summed E-state index contributed by atoms with van der Waals surface area (Å²) in [5.41, 5.74) is -0.734. The van der Waals surface area contributed by atoms with Crippen LogP contribution in [-0.4, -0.2) is 38.6 Å². The van der Waals surface area contributed by atoms with Gasteiger partial charge in [-0.15, -0.1) is 0 Å². The number of hydrogen-bond donors (Lipinski definition) is 2. The van der Waals surface area contributed by atoms with E-state index in [4.69, 9.17) is 0 Å². The average molecular weight is 268 g/mol. The lowest BCUT2D eigenvalue weighted by molar-refractivity contribution is 0.0482. The molecule has 5 nitrogen and oxygen atoms in total. The molecule has 110 valence electrons. The van der Waals surface area contributed by atoms with Gasteiger partial charge in [-0.2, -0.15) is 5.10 Å². The van der Waals surface area contributed by atoms with Crippen LogP contribution in [0.3, 0.4) is 0 Å². The Labute approximate surface area is 116 Å². The van der Waals surface area contributed by atoms with E-state index in [2.05, 4.69) is 36.2 Å². The van der Waals surface area contributed by atoms with E-state index >= 15 is 0 Å². The Bertz CT molecular complexity index is 360. The summed E-state index contributed by atoms with van der Waals surface area (Å²) in [4.78, 5) is 4.25. The fraction of sp³-hybridized carbons (Fsp3) is 0.857. The summed E-state index contributed by atoms with van der Waals surface area (Å²) in [5, 5.41) is 18.0. The van der Waals surface area contributed by atoms with Gasteiger partial charge in [0.25, 0.3) is 0 Å². The second-order valence-corrected chi connectivity index (χ2v) is 5.92. The Kier molecular flexibility index (Phi) is 6.45. The number of nitrogens with one attached hydrogen (secondary N) is 1. The first-order chi connectivity index (χ1) is 8.94. The van der Waals surface area contributed by atoms with E-state index in [1.54, 1.807) is 6.33 Å². The van der Waals surface area contributed by atoms with Crippen LogP contribution in [-0.2, 0) is 13.0 Å². The maximum Gasteiger partial charge on any atom is 0.138 e. The third kappa shape index (κ3) is 6.16. The monoisotopic (exact) mass is 268 g/mol. The van der Waals surface area contributed by atoms with Gasteiger partial charge < -0.3 is 10.4 Å². The number of nitrogens with zero attached hydrogens (tertiary/aromatic N) is 3. The van der Waals surface area contributed by atoms with Crippen molar-refractivity contribution in [2.45, 2.75) is 59.1 Å². The quantitative estimate of drug-likeness (QED) is 0.668. The highest BCUT2D eigenvalue weighted by molar-refractivity contribution is 4.93. The van der Waals surface area contributed by atoms with Crippen molar-refractivity contribution in [2.75, 3.05) is 13.1 Å². The number of aliphatic hydroxyl groups is 1. The largest absolute Gasteiger partial charge is 0.390 e. The van der Waals surface area contributed by atoms with Crippen molar-refractivity contribution in [2.24, 2.45) is 5.92 Å². The Morgan fingerprint density at radius 3 is 2.84 bits per heavy atom. The van der Waals surface area contributed by atoms with Gasteiger partial charge in [0, 0.05) is 13.0 Å². The minimum Gasteiger partial charge on any atom is -0.390 e. The minimum atomic E-state index is -0.734. The molecule has 0 radical (unpaired) electrons. The molecular formula is C14H28N4O. The molecule has 0 saturated carbocycles. The molecule has 1 heterocycles. The highest BCUT2D eigenvalue weighted by atomic mass is 16.3. The lowest BCUT2D eigenvalue weighted by Crippen LogP contribution is -2.34. The summed E-state index contributed by atoms with van der Waals surface area (Å²) in [6.45, 7) is 11.0. The van der Waals surface area contributed by atoms with Gasteiger partial charge in [-0.05, 0) is 38.8 Å². The zero-order valence-electron chi connectivity index (χ0n) is 12.7. The van der Waals surface area contributed by atoms with Gasteiger partial charge in [-0.3, -0.25) is 4.68 Å². The molecule has 0 fully saturated rings. The Morgan fingerprint density at radius 1 is 1.47 bits per heavy atom. The topological polar surface area (TPSA) is 63.0 Å². The smallest absolute Gasteiger partial charge is 0.138 e. The van der Waals surface area contributed by atoms with E-state index in [0.29, 0.717) is 12.3 Å². The normalized spacial score (nSPS) is 14.8. The van der Waals surface area contributed by atoms with Crippen molar-refractivity contribution < 1.29 is 5.11 Å². The van der Waals surface area contributed by atoms with Gasteiger partial charge in [-0.25, -0.2) is 4.98 Å². The van der Waals surface area contributed by atoms with Gasteiger partial charge in [0.15, 0.2) is 0 Å². The van der Waals surface area contributed by atoms with Crippen LogP contribution in [0.4, 0.5) is 0 Å². The Morgan fingerprint density at radius 2 is 2.21 bits per heavy atom. The van der Waals surface area contributed by atoms with Crippen LogP contribution in [0.15, 0.2) is 6.33 Å². The van der Waals surface area contributed by atoms with Gasteiger partial charge in [0.2, 0.25) is 0 Å². The second kappa shape index (κ2) is 7.60. The molecule has 1 aromatic rings. The number of rotatable bonds is 9. The molecule has 2 N–H and O–H groups in total. The lowest BCUT2D eigenvalue weighted by Gasteiger charge is -2.23. The van der Waals surface area contributed by atoms with Gasteiger partial charge in [0.05, 0.1) is 5.60 Å². The highest BCUT2D eigenvalue weighted by Crippen LogP contribution is 2.15. The summed E-state index contributed by atoms with van der Waals surface area (Å²) in [6, 6.07) is 0. The zero-order chi connectivity index (χ0) is 14.3. The molecule has 0 amide bonds. The molecule has 5 heteroatoms. The van der Waals surface area contributed by atoms with Gasteiger partial charge >= 0.3 is 0 Å². The van der Waals surface area contributed by atoms with Crippen molar-refractivity contribution in [1.82, 2.24) is 20.1 Å². The molecule has 0 aliphatic carbocycles. The zero-order valence-corrected chi connectivity index (χ0v) is 12.7. The first-order valence-corrected chi connectivity index (χ1v) is 7.24. The van der Waals surface area contributed by atoms with Crippen LogP contribution in [0.2, 0.25) is 0 Å². The molecular weight excluding hydrogens is 240 g/mol. The molecule has 0 saturated heterocycles. The van der Waals surface area contributed by atoms with Crippen molar-refractivity contribution in [3.05, 3.63) is 12.2 Å². The molecule has 1 atom stereocenters. The van der Waals surface area contributed by atoms with E-state index in [1.165, 1.54) is 0 Å². The van der Waals surface area contributed by atoms with Gasteiger partial charge in [0.1, 0.15) is 12.2 Å². The fourth-order valence-corrected chi connectivity index (χ4v) is 2.00. The summed E-state index contributed by atoms with van der Waals surface area (Å²) in [5.74, 6) is 1.51. The standard InChI is InChI=1S/C14H28N4O/c1-5-8-18-13(16-11-17-18)9-14(4,19)6-7-15-10-12(2)3/h11-12,15,19H,5-10H2,1-4H3. The van der Waals surface area contributed by atoms with Crippen molar-refractivity contribution in [3.8, 4) is 0 Å². The average Bonchev–Trinajstić information content (AvgIpc) is 2.72. The predicted molar refractivity (Wildman–Crippen MR) is 77.0 cm³/mol. The highest BCUT2D eigenvalue weighted by Gasteiger charge is 2.23. The Hall–Kier alpha value is -0.940. The molecule has 0 bridgehead atoms. The SMILES string of the molecule is CCCn1ncnc1CC(C)(O)CCNCC(C)C. The third-order valence-corrected chi connectivity index (χ3v) is 3.06. The van der Waals surface area contributed by atoms with E-state index in [0.717, 1.165) is 38.3 Å². The molecule has 19 heavy (non-hydrogen) atoms. The van der Waals surface area contributed by atoms with Crippen LogP contribution >= 0.6 is 0 Å². The van der Waals surface area contributed by atoms with Crippen LogP contribution in [0, 0.1) is 5.92 Å². The van der Waals surface area contributed by atoms with Gasteiger partial charge in [-0.1, -0.05) is 20.8 Å². The Balaban J connectivity index is 2.42. The minimum absolute atomic E-state index is 0.552. The first-order valence-electron chi connectivity index (χ1n) is 7.24. The van der Waals surface area contributed by atoms with Crippen LogP contribution in [0.25, 0.3) is 0 Å². The van der Waals surface area contributed by atoms with E-state index in [9.17, 15) is 5.11 Å². The summed E-state index contributed by atoms with van der Waals surface area (Å²) in [6.07, 6.45) is 3.86. The van der Waals surface area contributed by atoms with Crippen molar-refractivity contribution >= 4 is 0 Å². The maximum absolute atomic E-state index is 10.4. The molecule has 0 aromatic carbocycles. The van der Waals surface area contributed by atoms with Crippen molar-refractivity contribution in [1.29, 1.82) is 0 Å². The molecule has 1 unspecified atom stereocenters. The second-order valence-electron chi connectivity index (χ2n) is 5.92. The summed E-state index contributed by atoms with van der Waals surface area (Å²) in [7, 11) is 0. The molecule has 1 aromatic heterocycles. The lowest BCUT2D eigenvalue weighted by atomic mass is 9.97. The van der Waals surface area contributed by atoms with E-state index in [-0.39, 0.29) is 0 Å². The van der Waals surface area contributed by atoms with Crippen LogP contribution in [0.5, 0.6) is 0 Å². The van der Waals surface area contributed by atoms with Crippen LogP contribution in [0.1, 0.15) is 46.4 Å². The number of aromatic nitrogens is 3. The first kappa shape index (κ1) is 16.1. The van der Waals surface area contributed by atoms with Crippen LogP contribution < -0.4 is 5.32 Å². The molecule has 0 aliphatic rings. The predicted octanol–water partition coefficient (Wildman–Crippen LogP) is 1.62. The fourth-order valence-electron chi connectivity index (χ4n) is 2.00. The molecule has 0 spiro atoms. The number of hydrogen-bond acceptors (Lipinski definition) is 4.